The topological polar surface area (TPSA) is 35.6 Å². The van der Waals surface area contributed by atoms with Crippen molar-refractivity contribution in [2.45, 2.75) is 19.9 Å². The zero-order valence-electron chi connectivity index (χ0n) is 12.0. The Balaban J connectivity index is 1.92. The Morgan fingerprint density at radius 2 is 1.74 bits per heavy atom. The number of rotatable bonds is 3. The summed E-state index contributed by atoms with van der Waals surface area (Å²) in [5.74, 6) is 0.200. The second kappa shape index (κ2) is 6.06. The predicted octanol–water partition coefficient (Wildman–Crippen LogP) is 1.25. The molecule has 1 unspecified atom stereocenters. The van der Waals surface area contributed by atoms with E-state index in [2.05, 4.69) is 41.4 Å². The van der Waals surface area contributed by atoms with Crippen molar-refractivity contribution >= 4 is 11.6 Å². The lowest BCUT2D eigenvalue weighted by Crippen LogP contribution is -2.53. The highest BCUT2D eigenvalue weighted by Gasteiger charge is 2.23. The fourth-order valence-electron chi connectivity index (χ4n) is 2.34. The minimum atomic E-state index is -0.0917. The van der Waals surface area contributed by atoms with Gasteiger partial charge in [-0.3, -0.25) is 4.79 Å². The molecule has 1 aliphatic rings. The molecule has 1 N–H and O–H groups in total. The van der Waals surface area contributed by atoms with E-state index >= 15 is 0 Å². The lowest BCUT2D eigenvalue weighted by atomic mass is 10.2. The summed E-state index contributed by atoms with van der Waals surface area (Å²) in [6.07, 6.45) is 0. The van der Waals surface area contributed by atoms with Crippen molar-refractivity contribution < 1.29 is 4.79 Å². The lowest BCUT2D eigenvalue weighted by Gasteiger charge is -2.37. The number of likely N-dealkylation sites (N-methyl/N-ethyl adjacent to an activating group) is 1. The molecule has 1 fully saturated rings. The molecule has 0 radical (unpaired) electrons. The average molecular weight is 261 g/mol. The van der Waals surface area contributed by atoms with E-state index in [0.29, 0.717) is 0 Å². The fraction of sp³-hybridized carbons (Fsp3) is 0.533. The molecule has 1 atom stereocenters. The summed E-state index contributed by atoms with van der Waals surface area (Å²) in [6, 6.07) is 8.49. The van der Waals surface area contributed by atoms with Crippen molar-refractivity contribution in [2.75, 3.05) is 38.1 Å². The van der Waals surface area contributed by atoms with Gasteiger partial charge in [0.2, 0.25) is 5.91 Å². The Bertz CT molecular complexity index is 422. The Morgan fingerprint density at radius 1 is 1.16 bits per heavy atom. The van der Waals surface area contributed by atoms with Gasteiger partial charge >= 0.3 is 0 Å². The third-order valence-electron chi connectivity index (χ3n) is 3.79. The number of amides is 1. The van der Waals surface area contributed by atoms with E-state index < -0.39 is 0 Å². The van der Waals surface area contributed by atoms with Crippen LogP contribution in [0.25, 0.3) is 0 Å². The quantitative estimate of drug-likeness (QED) is 0.889. The summed E-state index contributed by atoms with van der Waals surface area (Å²) in [5, 5.41) is 3.01. The summed E-state index contributed by atoms with van der Waals surface area (Å²) in [7, 11) is 1.82. The van der Waals surface area contributed by atoms with Gasteiger partial charge < -0.3 is 15.1 Å². The highest BCUT2D eigenvalue weighted by atomic mass is 16.2. The van der Waals surface area contributed by atoms with Crippen LogP contribution in [-0.2, 0) is 4.79 Å². The van der Waals surface area contributed by atoms with Gasteiger partial charge in [-0.05, 0) is 33.0 Å². The number of nitrogens with zero attached hydrogens (tertiary/aromatic N) is 2. The first kappa shape index (κ1) is 13.9. The van der Waals surface area contributed by atoms with Gasteiger partial charge in [0, 0.05) is 31.9 Å². The molecule has 0 bridgehead atoms. The SMILES string of the molecule is CNC(C)C(=O)N1CCN(c2ccc(C)cc2)CC1. The normalized spacial score (nSPS) is 17.4. The van der Waals surface area contributed by atoms with Crippen molar-refractivity contribution in [2.24, 2.45) is 0 Å². The molecule has 4 heteroatoms. The molecule has 1 aromatic carbocycles. The van der Waals surface area contributed by atoms with E-state index in [1.165, 1.54) is 11.3 Å². The van der Waals surface area contributed by atoms with Crippen molar-refractivity contribution in [1.29, 1.82) is 0 Å². The van der Waals surface area contributed by atoms with E-state index in [-0.39, 0.29) is 11.9 Å². The highest BCUT2D eigenvalue weighted by molar-refractivity contribution is 5.81. The maximum absolute atomic E-state index is 12.1. The zero-order chi connectivity index (χ0) is 13.8. The maximum Gasteiger partial charge on any atom is 0.239 e. The molecule has 1 amide bonds. The maximum atomic E-state index is 12.1. The number of anilines is 1. The summed E-state index contributed by atoms with van der Waals surface area (Å²) in [5.41, 5.74) is 2.53. The zero-order valence-corrected chi connectivity index (χ0v) is 12.0. The summed E-state index contributed by atoms with van der Waals surface area (Å²) < 4.78 is 0. The van der Waals surface area contributed by atoms with E-state index in [4.69, 9.17) is 0 Å². The van der Waals surface area contributed by atoms with Crippen LogP contribution in [-0.4, -0.2) is 50.1 Å². The van der Waals surface area contributed by atoms with Gasteiger partial charge in [-0.2, -0.15) is 0 Å². The number of carbonyl (C=O) groups excluding carboxylic acids is 1. The predicted molar refractivity (Wildman–Crippen MR) is 78.5 cm³/mol. The molecule has 1 aromatic rings. The number of nitrogens with one attached hydrogen (secondary N) is 1. The summed E-state index contributed by atoms with van der Waals surface area (Å²) in [4.78, 5) is 16.4. The third-order valence-corrected chi connectivity index (χ3v) is 3.79. The van der Waals surface area contributed by atoms with E-state index in [1.807, 2.05) is 18.9 Å². The molecule has 19 heavy (non-hydrogen) atoms. The Kier molecular flexibility index (Phi) is 4.43. The standard InChI is InChI=1S/C15H23N3O/c1-12-4-6-14(7-5-12)17-8-10-18(11-9-17)15(19)13(2)16-3/h4-7,13,16H,8-11H2,1-3H3. The molecule has 1 aliphatic heterocycles. The molecular weight excluding hydrogens is 238 g/mol. The van der Waals surface area contributed by atoms with E-state index in [9.17, 15) is 4.79 Å². The highest BCUT2D eigenvalue weighted by Crippen LogP contribution is 2.17. The van der Waals surface area contributed by atoms with Crippen molar-refractivity contribution in [1.82, 2.24) is 10.2 Å². The van der Waals surface area contributed by atoms with E-state index in [1.54, 1.807) is 0 Å². The van der Waals surface area contributed by atoms with Gasteiger partial charge in [0.1, 0.15) is 0 Å². The Labute approximate surface area is 115 Å². The largest absolute Gasteiger partial charge is 0.368 e. The minimum Gasteiger partial charge on any atom is -0.368 e. The molecule has 4 nitrogen and oxygen atoms in total. The summed E-state index contributed by atoms with van der Waals surface area (Å²) >= 11 is 0. The number of aryl methyl sites for hydroxylation is 1. The van der Waals surface area contributed by atoms with Crippen LogP contribution in [0.5, 0.6) is 0 Å². The van der Waals surface area contributed by atoms with Crippen molar-refractivity contribution in [3.63, 3.8) is 0 Å². The number of carbonyl (C=O) groups is 1. The number of piperazine rings is 1. The van der Waals surface area contributed by atoms with Crippen LogP contribution in [0.1, 0.15) is 12.5 Å². The smallest absolute Gasteiger partial charge is 0.239 e. The molecule has 0 aliphatic carbocycles. The van der Waals surface area contributed by atoms with Crippen LogP contribution in [0.3, 0.4) is 0 Å². The van der Waals surface area contributed by atoms with Crippen LogP contribution < -0.4 is 10.2 Å². The van der Waals surface area contributed by atoms with Crippen molar-refractivity contribution in [3.8, 4) is 0 Å². The van der Waals surface area contributed by atoms with Gasteiger partial charge in [-0.15, -0.1) is 0 Å². The number of hydrogen-bond donors (Lipinski definition) is 1. The Morgan fingerprint density at radius 3 is 2.26 bits per heavy atom. The average Bonchev–Trinajstić information content (AvgIpc) is 2.46. The first-order valence-electron chi connectivity index (χ1n) is 6.89. The molecule has 104 valence electrons. The second-order valence-electron chi connectivity index (χ2n) is 5.16. The molecular formula is C15H23N3O. The van der Waals surface area contributed by atoms with Crippen LogP contribution in [0.4, 0.5) is 5.69 Å². The molecule has 0 aromatic heterocycles. The van der Waals surface area contributed by atoms with Gasteiger partial charge in [-0.1, -0.05) is 17.7 Å². The monoisotopic (exact) mass is 261 g/mol. The number of benzene rings is 1. The number of hydrogen-bond acceptors (Lipinski definition) is 3. The molecule has 1 heterocycles. The summed E-state index contributed by atoms with van der Waals surface area (Å²) in [6.45, 7) is 7.43. The minimum absolute atomic E-state index is 0.0917. The third kappa shape index (κ3) is 3.26. The van der Waals surface area contributed by atoms with Crippen LogP contribution >= 0.6 is 0 Å². The second-order valence-corrected chi connectivity index (χ2v) is 5.16. The molecule has 1 saturated heterocycles. The fourth-order valence-corrected chi connectivity index (χ4v) is 2.34. The first-order chi connectivity index (χ1) is 9.11. The van der Waals surface area contributed by atoms with Gasteiger partial charge in [0.25, 0.3) is 0 Å². The first-order valence-corrected chi connectivity index (χ1v) is 6.89. The lowest BCUT2D eigenvalue weighted by molar-refractivity contribution is -0.133. The van der Waals surface area contributed by atoms with Gasteiger partial charge in [-0.25, -0.2) is 0 Å². The van der Waals surface area contributed by atoms with Crippen molar-refractivity contribution in [3.05, 3.63) is 29.8 Å². The molecule has 0 spiro atoms. The van der Waals surface area contributed by atoms with Gasteiger partial charge in [0.05, 0.1) is 6.04 Å². The van der Waals surface area contributed by atoms with Crippen LogP contribution in [0.15, 0.2) is 24.3 Å². The van der Waals surface area contributed by atoms with Crippen LogP contribution in [0.2, 0.25) is 0 Å². The van der Waals surface area contributed by atoms with Crippen LogP contribution in [0, 0.1) is 6.92 Å². The van der Waals surface area contributed by atoms with Gasteiger partial charge in [0.15, 0.2) is 0 Å². The Hall–Kier alpha value is -1.55. The van der Waals surface area contributed by atoms with E-state index in [0.717, 1.165) is 26.2 Å². The molecule has 0 saturated carbocycles. The molecule has 2 rings (SSSR count).